The molecule has 0 unspecified atom stereocenters. The molecule has 0 bridgehead atoms. The van der Waals surface area contributed by atoms with Gasteiger partial charge in [-0.25, -0.2) is 0 Å². The second-order valence-electron chi connectivity index (χ2n) is 1.81. The molecule has 0 amide bonds. The van der Waals surface area contributed by atoms with Crippen LogP contribution in [-0.4, -0.2) is 35.2 Å². The number of rotatable bonds is 5. The minimum Gasteiger partial charge on any atom is -0.302 e. The van der Waals surface area contributed by atoms with Gasteiger partial charge in [-0.2, -0.15) is 0 Å². The highest BCUT2D eigenvalue weighted by atomic mass is 79.9. The van der Waals surface area contributed by atoms with Crippen LogP contribution in [0.2, 0.25) is 0 Å². The number of hydrogen-bond acceptors (Lipinski definition) is 1. The summed E-state index contributed by atoms with van der Waals surface area (Å²) in [7, 11) is 0. The Kier molecular flexibility index (Phi) is 7.75. The Balaban J connectivity index is 3.18. The first kappa shape index (κ1) is 9.92. The molecule has 0 saturated carbocycles. The molecule has 0 aliphatic rings. The second kappa shape index (κ2) is 7.03. The molecule has 0 heterocycles. The van der Waals surface area contributed by atoms with E-state index >= 15 is 0 Å². The number of alkyl halides is 2. The predicted molar refractivity (Wildman–Crippen MR) is 49.7 cm³/mol. The number of nitrogens with zero attached hydrogens (tertiary/aromatic N) is 1. The molecule has 0 aromatic heterocycles. The lowest BCUT2D eigenvalue weighted by Gasteiger charge is -2.16. The zero-order valence-corrected chi connectivity index (χ0v) is 8.91. The third kappa shape index (κ3) is 5.37. The summed E-state index contributed by atoms with van der Waals surface area (Å²) < 4.78 is 0. The molecule has 9 heavy (non-hydrogen) atoms. The number of hydrogen-bond donors (Lipinski definition) is 0. The van der Waals surface area contributed by atoms with Crippen LogP contribution in [0.3, 0.4) is 0 Å². The van der Waals surface area contributed by atoms with Gasteiger partial charge < -0.3 is 4.90 Å². The Labute approximate surface area is 74.1 Å². The fraction of sp³-hybridized carbons (Fsp3) is 1.00. The number of halogens is 2. The quantitative estimate of drug-likeness (QED) is 0.683. The highest BCUT2D eigenvalue weighted by molar-refractivity contribution is 9.09. The average molecular weight is 259 g/mol. The van der Waals surface area contributed by atoms with E-state index in [1.54, 1.807) is 0 Å². The van der Waals surface area contributed by atoms with Crippen molar-refractivity contribution >= 4 is 31.9 Å². The molecule has 56 valence electrons. The zero-order chi connectivity index (χ0) is 7.11. The summed E-state index contributed by atoms with van der Waals surface area (Å²) in [5, 5.41) is 2.15. The Hall–Kier alpha value is 0.920. The molecule has 0 aliphatic carbocycles. The molecule has 0 rings (SSSR count). The van der Waals surface area contributed by atoms with Gasteiger partial charge >= 0.3 is 0 Å². The van der Waals surface area contributed by atoms with Gasteiger partial charge in [-0.3, -0.25) is 0 Å². The lowest BCUT2D eigenvalue weighted by Crippen LogP contribution is -2.27. The normalized spacial score (nSPS) is 10.7. The topological polar surface area (TPSA) is 3.24 Å². The summed E-state index contributed by atoms with van der Waals surface area (Å²) in [6.07, 6.45) is 0. The van der Waals surface area contributed by atoms with Crippen molar-refractivity contribution in [3.05, 3.63) is 0 Å². The monoisotopic (exact) mass is 257 g/mol. The molecule has 0 aromatic carbocycles. The summed E-state index contributed by atoms with van der Waals surface area (Å²) in [4.78, 5) is 2.39. The molecule has 0 atom stereocenters. The van der Waals surface area contributed by atoms with Gasteiger partial charge in [0.15, 0.2) is 0 Å². The van der Waals surface area contributed by atoms with Crippen molar-refractivity contribution in [1.82, 2.24) is 4.90 Å². The van der Waals surface area contributed by atoms with E-state index in [2.05, 4.69) is 43.7 Å². The Bertz CT molecular complexity index is 53.0. The third-order valence-electron chi connectivity index (χ3n) is 1.25. The molecule has 0 aliphatic heterocycles. The van der Waals surface area contributed by atoms with E-state index in [-0.39, 0.29) is 0 Å². The fourth-order valence-electron chi connectivity index (χ4n) is 0.667. The van der Waals surface area contributed by atoms with Gasteiger partial charge in [0.05, 0.1) is 0 Å². The van der Waals surface area contributed by atoms with E-state index in [4.69, 9.17) is 0 Å². The SMILES string of the molecule is CCN(CCBr)CCBr. The molecule has 0 saturated heterocycles. The first-order chi connectivity index (χ1) is 4.35. The molecule has 1 nitrogen and oxygen atoms in total. The molecule has 0 spiro atoms. The third-order valence-corrected chi connectivity index (χ3v) is 1.96. The Morgan fingerprint density at radius 1 is 1.11 bits per heavy atom. The van der Waals surface area contributed by atoms with E-state index in [0.29, 0.717) is 0 Å². The Morgan fingerprint density at radius 2 is 1.56 bits per heavy atom. The van der Waals surface area contributed by atoms with E-state index < -0.39 is 0 Å². The summed E-state index contributed by atoms with van der Waals surface area (Å²) in [6, 6.07) is 0. The van der Waals surface area contributed by atoms with Crippen LogP contribution in [0.4, 0.5) is 0 Å². The maximum Gasteiger partial charge on any atom is 0.0159 e. The maximum absolute atomic E-state index is 3.40. The smallest absolute Gasteiger partial charge is 0.0159 e. The van der Waals surface area contributed by atoms with Crippen molar-refractivity contribution in [2.24, 2.45) is 0 Å². The first-order valence-corrected chi connectivity index (χ1v) is 5.43. The summed E-state index contributed by atoms with van der Waals surface area (Å²) in [6.45, 7) is 5.65. The van der Waals surface area contributed by atoms with E-state index in [1.165, 1.54) is 0 Å². The van der Waals surface area contributed by atoms with Crippen LogP contribution in [0.1, 0.15) is 6.92 Å². The van der Waals surface area contributed by atoms with Crippen LogP contribution in [0.25, 0.3) is 0 Å². The van der Waals surface area contributed by atoms with Crippen molar-refractivity contribution in [1.29, 1.82) is 0 Å². The van der Waals surface area contributed by atoms with Gasteiger partial charge in [-0.15, -0.1) is 0 Å². The van der Waals surface area contributed by atoms with Crippen LogP contribution in [-0.2, 0) is 0 Å². The van der Waals surface area contributed by atoms with Crippen molar-refractivity contribution in [2.45, 2.75) is 6.92 Å². The summed E-state index contributed by atoms with van der Waals surface area (Å²) in [5.74, 6) is 0. The fourth-order valence-corrected chi connectivity index (χ4v) is 1.67. The minimum atomic E-state index is 1.08. The summed E-state index contributed by atoms with van der Waals surface area (Å²) >= 11 is 6.81. The lowest BCUT2D eigenvalue weighted by molar-refractivity contribution is 0.328. The average Bonchev–Trinajstić information content (AvgIpc) is 1.88. The first-order valence-electron chi connectivity index (χ1n) is 3.19. The molecular weight excluding hydrogens is 246 g/mol. The molecule has 3 heteroatoms. The molecule has 0 aromatic rings. The zero-order valence-electron chi connectivity index (χ0n) is 5.74. The van der Waals surface area contributed by atoms with Crippen LogP contribution in [0.15, 0.2) is 0 Å². The summed E-state index contributed by atoms with van der Waals surface area (Å²) in [5.41, 5.74) is 0. The predicted octanol–water partition coefficient (Wildman–Crippen LogP) is 2.10. The molecule has 0 radical (unpaired) electrons. The molecular formula is C6H13Br2N. The van der Waals surface area contributed by atoms with Crippen LogP contribution < -0.4 is 0 Å². The van der Waals surface area contributed by atoms with Crippen LogP contribution >= 0.6 is 31.9 Å². The van der Waals surface area contributed by atoms with Crippen molar-refractivity contribution in [2.75, 3.05) is 30.3 Å². The largest absolute Gasteiger partial charge is 0.302 e. The minimum absolute atomic E-state index is 1.08. The highest BCUT2D eigenvalue weighted by Crippen LogP contribution is 1.92. The van der Waals surface area contributed by atoms with Gasteiger partial charge in [0.1, 0.15) is 0 Å². The van der Waals surface area contributed by atoms with Crippen molar-refractivity contribution in [3.8, 4) is 0 Å². The highest BCUT2D eigenvalue weighted by Gasteiger charge is 1.96. The van der Waals surface area contributed by atoms with E-state index in [1.807, 2.05) is 0 Å². The molecule has 0 N–H and O–H groups in total. The van der Waals surface area contributed by atoms with Crippen molar-refractivity contribution in [3.63, 3.8) is 0 Å². The standard InChI is InChI=1S/C6H13Br2N/c1-2-9(5-3-7)6-4-8/h2-6H2,1H3. The second-order valence-corrected chi connectivity index (χ2v) is 3.40. The maximum atomic E-state index is 3.40. The van der Waals surface area contributed by atoms with Crippen LogP contribution in [0, 0.1) is 0 Å². The van der Waals surface area contributed by atoms with E-state index in [9.17, 15) is 0 Å². The van der Waals surface area contributed by atoms with Crippen LogP contribution in [0.5, 0.6) is 0 Å². The Morgan fingerprint density at radius 3 is 1.78 bits per heavy atom. The lowest BCUT2D eigenvalue weighted by atomic mass is 10.5. The molecule has 0 fully saturated rings. The van der Waals surface area contributed by atoms with Gasteiger partial charge in [-0.1, -0.05) is 38.8 Å². The van der Waals surface area contributed by atoms with Gasteiger partial charge in [-0.05, 0) is 6.54 Å². The van der Waals surface area contributed by atoms with Crippen molar-refractivity contribution < 1.29 is 0 Å². The van der Waals surface area contributed by atoms with Gasteiger partial charge in [0, 0.05) is 23.7 Å². The van der Waals surface area contributed by atoms with Gasteiger partial charge in [0.2, 0.25) is 0 Å². The van der Waals surface area contributed by atoms with Gasteiger partial charge in [0.25, 0.3) is 0 Å². The van der Waals surface area contributed by atoms with E-state index in [0.717, 1.165) is 30.3 Å².